The van der Waals surface area contributed by atoms with Crippen molar-refractivity contribution >= 4 is 41.0 Å². The molecule has 0 bridgehead atoms. The molecule has 1 aliphatic rings. The number of ether oxygens (including phenoxy) is 1. The lowest BCUT2D eigenvalue weighted by Crippen LogP contribution is -2.34. The molecule has 0 spiro atoms. The number of carbonyl (C=O) groups excluding carboxylic acids is 1. The molecule has 3 aromatic rings. The van der Waals surface area contributed by atoms with Gasteiger partial charge >= 0.3 is 0 Å². The summed E-state index contributed by atoms with van der Waals surface area (Å²) in [6.07, 6.45) is 3.57. The van der Waals surface area contributed by atoms with E-state index in [-0.39, 0.29) is 12.5 Å². The molecule has 1 amide bonds. The number of para-hydroxylation sites is 1. The van der Waals surface area contributed by atoms with Crippen LogP contribution in [0.5, 0.6) is 5.75 Å². The van der Waals surface area contributed by atoms with Crippen molar-refractivity contribution in [3.63, 3.8) is 0 Å². The van der Waals surface area contributed by atoms with E-state index < -0.39 is 6.04 Å². The van der Waals surface area contributed by atoms with Crippen molar-refractivity contribution in [1.29, 1.82) is 0 Å². The Morgan fingerprint density at radius 3 is 2.67 bits per heavy atom. The van der Waals surface area contributed by atoms with E-state index in [1.54, 1.807) is 6.20 Å². The van der Waals surface area contributed by atoms with E-state index in [1.807, 2.05) is 83.8 Å². The first-order chi connectivity index (χ1) is 14.6. The van der Waals surface area contributed by atoms with Gasteiger partial charge in [0.25, 0.3) is 5.91 Å². The SMILES string of the molecule is Cn1ccnc1[C@@H](NC(=O)COc1ccccc1C1SCCS1)c1ccc(Cl)cc1. The highest BCUT2D eigenvalue weighted by atomic mass is 35.5. The van der Waals surface area contributed by atoms with Crippen LogP contribution in [0, 0.1) is 0 Å². The zero-order valence-corrected chi connectivity index (χ0v) is 18.8. The van der Waals surface area contributed by atoms with Crippen LogP contribution in [0.4, 0.5) is 0 Å². The third-order valence-electron chi connectivity index (χ3n) is 4.78. The number of benzene rings is 2. The Hall–Kier alpha value is -2.09. The molecule has 1 saturated heterocycles. The number of amides is 1. The zero-order valence-electron chi connectivity index (χ0n) is 16.5. The van der Waals surface area contributed by atoms with Crippen molar-refractivity contribution in [2.75, 3.05) is 18.1 Å². The molecular formula is C22H22ClN3O2S2. The molecule has 1 aliphatic heterocycles. The van der Waals surface area contributed by atoms with Crippen molar-refractivity contribution < 1.29 is 9.53 Å². The van der Waals surface area contributed by atoms with Crippen LogP contribution in [0.15, 0.2) is 60.9 Å². The maximum atomic E-state index is 12.8. The Kier molecular flexibility index (Phi) is 6.92. The second-order valence-electron chi connectivity index (χ2n) is 6.85. The first-order valence-electron chi connectivity index (χ1n) is 9.59. The molecule has 1 atom stereocenters. The van der Waals surface area contributed by atoms with Crippen molar-refractivity contribution in [2.24, 2.45) is 7.05 Å². The maximum absolute atomic E-state index is 12.8. The van der Waals surface area contributed by atoms with Crippen LogP contribution in [-0.2, 0) is 11.8 Å². The van der Waals surface area contributed by atoms with Gasteiger partial charge in [0.1, 0.15) is 17.6 Å². The van der Waals surface area contributed by atoms with E-state index in [2.05, 4.69) is 16.4 Å². The number of aromatic nitrogens is 2. The molecule has 2 aromatic carbocycles. The summed E-state index contributed by atoms with van der Waals surface area (Å²) in [6, 6.07) is 15.0. The molecule has 1 fully saturated rings. The third kappa shape index (κ3) is 4.96. The minimum atomic E-state index is -0.394. The molecule has 1 aromatic heterocycles. The van der Waals surface area contributed by atoms with Crippen molar-refractivity contribution in [3.05, 3.63) is 82.9 Å². The normalized spacial score (nSPS) is 15.1. The second-order valence-corrected chi connectivity index (χ2v) is 10.0. The molecular weight excluding hydrogens is 438 g/mol. The smallest absolute Gasteiger partial charge is 0.258 e. The largest absolute Gasteiger partial charge is 0.483 e. The van der Waals surface area contributed by atoms with Crippen LogP contribution in [-0.4, -0.2) is 33.6 Å². The van der Waals surface area contributed by atoms with Gasteiger partial charge in [0.15, 0.2) is 6.61 Å². The number of rotatable bonds is 7. The molecule has 2 heterocycles. The number of hydrogen-bond donors (Lipinski definition) is 1. The van der Waals surface area contributed by atoms with Gasteiger partial charge < -0.3 is 14.6 Å². The summed E-state index contributed by atoms with van der Waals surface area (Å²) in [5, 5.41) is 3.70. The molecule has 0 unspecified atom stereocenters. The summed E-state index contributed by atoms with van der Waals surface area (Å²) in [4.78, 5) is 17.2. The molecule has 0 radical (unpaired) electrons. The first kappa shape index (κ1) is 21.2. The number of nitrogens with zero attached hydrogens (tertiary/aromatic N) is 2. The van der Waals surface area contributed by atoms with Crippen molar-refractivity contribution in [3.8, 4) is 5.75 Å². The van der Waals surface area contributed by atoms with Crippen LogP contribution in [0.3, 0.4) is 0 Å². The highest BCUT2D eigenvalue weighted by Crippen LogP contribution is 2.48. The van der Waals surface area contributed by atoms with E-state index in [0.717, 1.165) is 34.2 Å². The highest BCUT2D eigenvalue weighted by Gasteiger charge is 2.23. The maximum Gasteiger partial charge on any atom is 0.258 e. The fourth-order valence-corrected chi connectivity index (χ4v) is 6.33. The molecule has 5 nitrogen and oxygen atoms in total. The number of carbonyl (C=O) groups is 1. The Bertz CT molecular complexity index is 1000. The van der Waals surface area contributed by atoms with E-state index in [4.69, 9.17) is 16.3 Å². The number of nitrogens with one attached hydrogen (secondary N) is 1. The molecule has 0 aliphatic carbocycles. The van der Waals surface area contributed by atoms with Gasteiger partial charge in [-0.1, -0.05) is 41.9 Å². The van der Waals surface area contributed by atoms with Crippen molar-refractivity contribution in [2.45, 2.75) is 10.6 Å². The van der Waals surface area contributed by atoms with Crippen LogP contribution in [0.25, 0.3) is 0 Å². The fraction of sp³-hybridized carbons (Fsp3) is 0.273. The first-order valence-corrected chi connectivity index (χ1v) is 12.1. The predicted molar refractivity (Wildman–Crippen MR) is 124 cm³/mol. The number of halogens is 1. The Balaban J connectivity index is 1.47. The molecule has 4 rings (SSSR count). The Labute approximate surface area is 189 Å². The van der Waals surface area contributed by atoms with E-state index in [9.17, 15) is 4.79 Å². The van der Waals surface area contributed by atoms with E-state index in [1.165, 1.54) is 0 Å². The van der Waals surface area contributed by atoms with Crippen LogP contribution in [0.1, 0.15) is 27.6 Å². The molecule has 30 heavy (non-hydrogen) atoms. The quantitative estimate of drug-likeness (QED) is 0.548. The number of aryl methyl sites for hydroxylation is 1. The summed E-state index contributed by atoms with van der Waals surface area (Å²) in [5.41, 5.74) is 2.04. The number of hydrogen-bond acceptors (Lipinski definition) is 5. The lowest BCUT2D eigenvalue weighted by atomic mass is 10.1. The summed E-state index contributed by atoms with van der Waals surface area (Å²) in [5.74, 6) is 3.57. The molecule has 8 heteroatoms. The molecule has 1 N–H and O–H groups in total. The summed E-state index contributed by atoms with van der Waals surface area (Å²) in [6.45, 7) is -0.0619. The summed E-state index contributed by atoms with van der Waals surface area (Å²) in [7, 11) is 1.90. The second kappa shape index (κ2) is 9.81. The lowest BCUT2D eigenvalue weighted by molar-refractivity contribution is -0.123. The average Bonchev–Trinajstić information content (AvgIpc) is 3.43. The fourth-order valence-electron chi connectivity index (χ4n) is 3.30. The number of imidazole rings is 1. The third-order valence-corrected chi connectivity index (χ3v) is 8.10. The van der Waals surface area contributed by atoms with E-state index in [0.29, 0.717) is 9.60 Å². The monoisotopic (exact) mass is 459 g/mol. The minimum absolute atomic E-state index is 0.0619. The van der Waals surface area contributed by atoms with Gasteiger partial charge in [-0.2, -0.15) is 0 Å². The highest BCUT2D eigenvalue weighted by molar-refractivity contribution is 8.19. The van der Waals surface area contributed by atoms with Crippen LogP contribution in [0.2, 0.25) is 5.02 Å². The Morgan fingerprint density at radius 2 is 1.97 bits per heavy atom. The standard InChI is InChI=1S/C22H22ClN3O2S2/c1-26-11-10-24-21(26)20(15-6-8-16(23)9-7-15)25-19(27)14-28-18-5-3-2-4-17(18)22-29-12-13-30-22/h2-11,20,22H,12-14H2,1H3,(H,25,27)/t20-/m0/s1. The average molecular weight is 460 g/mol. The summed E-state index contributed by atoms with van der Waals surface area (Å²) >= 11 is 9.86. The van der Waals surface area contributed by atoms with Crippen LogP contribution < -0.4 is 10.1 Å². The summed E-state index contributed by atoms with van der Waals surface area (Å²) < 4.78 is 8.18. The van der Waals surface area contributed by atoms with E-state index >= 15 is 0 Å². The van der Waals surface area contributed by atoms with Gasteiger partial charge in [0, 0.05) is 41.5 Å². The van der Waals surface area contributed by atoms with Gasteiger partial charge in [0.05, 0.1) is 4.58 Å². The van der Waals surface area contributed by atoms with Crippen LogP contribution >= 0.6 is 35.1 Å². The molecule has 156 valence electrons. The minimum Gasteiger partial charge on any atom is -0.483 e. The van der Waals surface area contributed by atoms with Gasteiger partial charge in [-0.15, -0.1) is 23.5 Å². The zero-order chi connectivity index (χ0) is 20.9. The Morgan fingerprint density at radius 1 is 1.23 bits per heavy atom. The van der Waals surface area contributed by atoms with Gasteiger partial charge in [0.2, 0.25) is 0 Å². The van der Waals surface area contributed by atoms with Crippen molar-refractivity contribution in [1.82, 2.24) is 14.9 Å². The topological polar surface area (TPSA) is 56.2 Å². The predicted octanol–water partition coefficient (Wildman–Crippen LogP) is 4.84. The van der Waals surface area contributed by atoms with Gasteiger partial charge in [-0.3, -0.25) is 4.79 Å². The van der Waals surface area contributed by atoms with Gasteiger partial charge in [-0.05, 0) is 23.8 Å². The molecule has 0 saturated carbocycles. The number of thioether (sulfide) groups is 2. The lowest BCUT2D eigenvalue weighted by Gasteiger charge is -2.20. The van der Waals surface area contributed by atoms with Gasteiger partial charge in [-0.25, -0.2) is 4.98 Å².